The number of halogens is 1. The number of methoxy groups -OCH3 is 1. The lowest BCUT2D eigenvalue weighted by Gasteiger charge is -2.16. The molecule has 2 aromatic rings. The van der Waals surface area contributed by atoms with Crippen molar-refractivity contribution in [2.75, 3.05) is 12.4 Å². The van der Waals surface area contributed by atoms with Crippen molar-refractivity contribution in [2.45, 2.75) is 19.4 Å². The molecule has 0 radical (unpaired) electrons. The van der Waals surface area contributed by atoms with Crippen LogP contribution in [0.4, 0.5) is 10.1 Å². The molecule has 2 amide bonds. The third-order valence-electron chi connectivity index (χ3n) is 4.31. The molecule has 0 unspecified atom stereocenters. The molecule has 5 nitrogen and oxygen atoms in total. The molecule has 130 valence electrons. The molecule has 2 aromatic carbocycles. The zero-order valence-corrected chi connectivity index (χ0v) is 13.8. The lowest BCUT2D eigenvalue weighted by molar-refractivity contribution is -0.134. The van der Waals surface area contributed by atoms with Gasteiger partial charge in [0.2, 0.25) is 11.8 Å². The average Bonchev–Trinajstić information content (AvgIpc) is 3.43. The van der Waals surface area contributed by atoms with Crippen LogP contribution in [0.2, 0.25) is 0 Å². The van der Waals surface area contributed by atoms with E-state index in [2.05, 4.69) is 10.6 Å². The van der Waals surface area contributed by atoms with Gasteiger partial charge in [-0.2, -0.15) is 0 Å². The maximum Gasteiger partial charge on any atom is 0.240 e. The van der Waals surface area contributed by atoms with Gasteiger partial charge in [-0.15, -0.1) is 0 Å². The van der Waals surface area contributed by atoms with Crippen molar-refractivity contribution < 1.29 is 18.7 Å². The second-order valence-corrected chi connectivity index (χ2v) is 6.08. The van der Waals surface area contributed by atoms with Crippen molar-refractivity contribution in [1.29, 1.82) is 0 Å². The van der Waals surface area contributed by atoms with Crippen molar-refractivity contribution in [3.05, 3.63) is 59.9 Å². The molecule has 6 heteroatoms. The highest BCUT2D eigenvalue weighted by Crippen LogP contribution is 2.47. The molecule has 0 bridgehead atoms. The predicted molar refractivity (Wildman–Crippen MR) is 91.5 cm³/mol. The van der Waals surface area contributed by atoms with E-state index in [1.807, 2.05) is 0 Å². The highest BCUT2D eigenvalue weighted by atomic mass is 19.1. The summed E-state index contributed by atoms with van der Waals surface area (Å²) in [5.74, 6) is -0.329. The van der Waals surface area contributed by atoms with Gasteiger partial charge >= 0.3 is 0 Å². The highest BCUT2D eigenvalue weighted by Gasteiger charge is 2.56. The molecule has 25 heavy (non-hydrogen) atoms. The molecular formula is C19H19FN2O3. The fraction of sp³-hybridized carbons (Fsp3) is 0.263. The molecule has 1 saturated carbocycles. The second kappa shape index (κ2) is 6.93. The van der Waals surface area contributed by atoms with Crippen LogP contribution in [-0.4, -0.2) is 18.9 Å². The Morgan fingerprint density at radius 1 is 1.12 bits per heavy atom. The van der Waals surface area contributed by atoms with Gasteiger partial charge in [-0.05, 0) is 42.7 Å². The molecule has 2 N–H and O–H groups in total. The standard InChI is InChI=1S/C19H19FN2O3/c1-25-16-4-2-3-15(11-16)22-18(24)19(9-10-19)17(23)21-12-13-5-7-14(20)8-6-13/h2-8,11H,9-10,12H2,1H3,(H,21,23)(H,22,24). The number of rotatable bonds is 6. The third kappa shape index (κ3) is 3.79. The van der Waals surface area contributed by atoms with Gasteiger partial charge in [-0.3, -0.25) is 9.59 Å². The Bertz CT molecular complexity index is 786. The van der Waals surface area contributed by atoms with Gasteiger partial charge < -0.3 is 15.4 Å². The Morgan fingerprint density at radius 3 is 2.48 bits per heavy atom. The Hall–Kier alpha value is -2.89. The van der Waals surface area contributed by atoms with Crippen LogP contribution in [0.3, 0.4) is 0 Å². The summed E-state index contributed by atoms with van der Waals surface area (Å²) in [5.41, 5.74) is 0.337. The largest absolute Gasteiger partial charge is 0.497 e. The third-order valence-corrected chi connectivity index (χ3v) is 4.31. The van der Waals surface area contributed by atoms with Crippen LogP contribution in [0.25, 0.3) is 0 Å². The number of nitrogens with one attached hydrogen (secondary N) is 2. The van der Waals surface area contributed by atoms with E-state index in [0.717, 1.165) is 5.56 Å². The van der Waals surface area contributed by atoms with Crippen LogP contribution in [0.15, 0.2) is 48.5 Å². The number of anilines is 1. The van der Waals surface area contributed by atoms with Crippen LogP contribution in [-0.2, 0) is 16.1 Å². The summed E-state index contributed by atoms with van der Waals surface area (Å²) in [6, 6.07) is 12.9. The molecule has 0 atom stereocenters. The summed E-state index contributed by atoms with van der Waals surface area (Å²) >= 11 is 0. The van der Waals surface area contributed by atoms with Gasteiger partial charge in [-0.25, -0.2) is 4.39 Å². The summed E-state index contributed by atoms with van der Waals surface area (Å²) < 4.78 is 18.0. The molecule has 1 fully saturated rings. The Kier molecular flexibility index (Phi) is 4.70. The molecule has 0 heterocycles. The maximum absolute atomic E-state index is 12.9. The first-order valence-electron chi connectivity index (χ1n) is 8.02. The van der Waals surface area contributed by atoms with Crippen LogP contribution in [0.5, 0.6) is 5.75 Å². The van der Waals surface area contributed by atoms with Crippen LogP contribution >= 0.6 is 0 Å². The fourth-order valence-electron chi connectivity index (χ4n) is 2.59. The molecule has 1 aliphatic carbocycles. The summed E-state index contributed by atoms with van der Waals surface area (Å²) in [6.45, 7) is 0.257. The highest BCUT2D eigenvalue weighted by molar-refractivity contribution is 6.13. The van der Waals surface area contributed by atoms with E-state index in [0.29, 0.717) is 24.3 Å². The molecule has 3 rings (SSSR count). The molecule has 0 spiro atoms. The number of hydrogen-bond acceptors (Lipinski definition) is 3. The summed E-state index contributed by atoms with van der Waals surface area (Å²) in [6.07, 6.45) is 1.02. The van der Waals surface area contributed by atoms with E-state index >= 15 is 0 Å². The van der Waals surface area contributed by atoms with Gasteiger partial charge in [-0.1, -0.05) is 18.2 Å². The minimum absolute atomic E-state index is 0.257. The minimum atomic E-state index is -1.02. The topological polar surface area (TPSA) is 67.4 Å². The zero-order chi connectivity index (χ0) is 17.9. The number of hydrogen-bond donors (Lipinski definition) is 2. The lowest BCUT2D eigenvalue weighted by Crippen LogP contribution is -2.39. The second-order valence-electron chi connectivity index (χ2n) is 6.08. The van der Waals surface area contributed by atoms with E-state index in [-0.39, 0.29) is 24.2 Å². The van der Waals surface area contributed by atoms with Crippen LogP contribution < -0.4 is 15.4 Å². The van der Waals surface area contributed by atoms with Gasteiger partial charge in [0, 0.05) is 18.3 Å². The Morgan fingerprint density at radius 2 is 1.84 bits per heavy atom. The van der Waals surface area contributed by atoms with Gasteiger partial charge in [0.25, 0.3) is 0 Å². The quantitative estimate of drug-likeness (QED) is 0.793. The monoisotopic (exact) mass is 342 g/mol. The van der Waals surface area contributed by atoms with Gasteiger partial charge in [0.05, 0.1) is 7.11 Å². The van der Waals surface area contributed by atoms with E-state index in [4.69, 9.17) is 4.74 Å². The molecular weight excluding hydrogens is 323 g/mol. The average molecular weight is 342 g/mol. The van der Waals surface area contributed by atoms with Gasteiger partial charge in [0.15, 0.2) is 0 Å². The van der Waals surface area contributed by atoms with E-state index in [1.165, 1.54) is 12.1 Å². The van der Waals surface area contributed by atoms with Gasteiger partial charge in [0.1, 0.15) is 17.0 Å². The van der Waals surface area contributed by atoms with Crippen molar-refractivity contribution in [3.63, 3.8) is 0 Å². The van der Waals surface area contributed by atoms with E-state index in [9.17, 15) is 14.0 Å². The predicted octanol–water partition coefficient (Wildman–Crippen LogP) is 2.87. The zero-order valence-electron chi connectivity index (χ0n) is 13.8. The SMILES string of the molecule is COc1cccc(NC(=O)C2(C(=O)NCc3ccc(F)cc3)CC2)c1. The number of amides is 2. The van der Waals surface area contributed by atoms with Crippen molar-refractivity contribution in [2.24, 2.45) is 5.41 Å². The fourth-order valence-corrected chi connectivity index (χ4v) is 2.59. The van der Waals surface area contributed by atoms with E-state index < -0.39 is 5.41 Å². The normalized spacial score (nSPS) is 14.5. The Balaban J connectivity index is 1.61. The summed E-state index contributed by atoms with van der Waals surface area (Å²) in [7, 11) is 1.55. The van der Waals surface area contributed by atoms with Crippen LogP contribution in [0, 0.1) is 11.2 Å². The smallest absolute Gasteiger partial charge is 0.240 e. The summed E-state index contributed by atoms with van der Waals surface area (Å²) in [4.78, 5) is 25.0. The number of carbonyl (C=O) groups excluding carboxylic acids is 2. The molecule has 0 saturated heterocycles. The first-order valence-corrected chi connectivity index (χ1v) is 8.02. The lowest BCUT2D eigenvalue weighted by atomic mass is 10.0. The number of ether oxygens (including phenoxy) is 1. The van der Waals surface area contributed by atoms with Crippen molar-refractivity contribution in [3.8, 4) is 5.75 Å². The van der Waals surface area contributed by atoms with Crippen molar-refractivity contribution >= 4 is 17.5 Å². The molecule has 0 aromatic heterocycles. The van der Waals surface area contributed by atoms with Crippen molar-refractivity contribution in [1.82, 2.24) is 5.32 Å². The minimum Gasteiger partial charge on any atom is -0.497 e. The molecule has 0 aliphatic heterocycles. The number of benzene rings is 2. The van der Waals surface area contributed by atoms with Crippen LogP contribution in [0.1, 0.15) is 18.4 Å². The molecule has 1 aliphatic rings. The Labute approximate surface area is 145 Å². The van der Waals surface area contributed by atoms with E-state index in [1.54, 1.807) is 43.5 Å². The maximum atomic E-state index is 12.9. The number of carbonyl (C=O) groups is 2. The summed E-state index contributed by atoms with van der Waals surface area (Å²) in [5, 5.41) is 5.54. The first kappa shape index (κ1) is 17.0. The first-order chi connectivity index (χ1) is 12.0.